The molecule has 5 rings (SSSR count). The number of amides is 3. The Balaban J connectivity index is 1.37. The average molecular weight is 434 g/mol. The Labute approximate surface area is 186 Å². The molecule has 2 aliphatic heterocycles. The maximum Gasteiger partial charge on any atom is 0.313 e. The summed E-state index contributed by atoms with van der Waals surface area (Å²) in [5, 5.41) is 5.66. The molecule has 1 aliphatic carbocycles. The van der Waals surface area contributed by atoms with Crippen LogP contribution in [0.2, 0.25) is 0 Å². The van der Waals surface area contributed by atoms with Crippen molar-refractivity contribution in [2.45, 2.75) is 56.9 Å². The summed E-state index contributed by atoms with van der Waals surface area (Å²) in [6.07, 6.45) is 6.50. The van der Waals surface area contributed by atoms with Crippen LogP contribution in [0.1, 0.15) is 61.8 Å². The smallest absolute Gasteiger partial charge is 0.313 e. The third kappa shape index (κ3) is 3.30. The molecule has 32 heavy (non-hydrogen) atoms. The minimum atomic E-state index is -0.679. The molecule has 2 aromatic rings. The number of rotatable bonds is 3. The van der Waals surface area contributed by atoms with Crippen LogP contribution in [-0.4, -0.2) is 34.2 Å². The Kier molecular flexibility index (Phi) is 4.87. The Morgan fingerprint density at radius 2 is 2.09 bits per heavy atom. The number of nitrogen functional groups attached to an aromatic ring is 1. The number of aryl methyl sites for hydroxylation is 1. The van der Waals surface area contributed by atoms with Gasteiger partial charge in [-0.15, -0.1) is 0 Å². The van der Waals surface area contributed by atoms with E-state index in [1.807, 2.05) is 19.1 Å². The average Bonchev–Trinajstić information content (AvgIpc) is 3.57. The summed E-state index contributed by atoms with van der Waals surface area (Å²) in [4.78, 5) is 44.1. The Bertz CT molecular complexity index is 1120. The first-order valence-electron chi connectivity index (χ1n) is 11.2. The van der Waals surface area contributed by atoms with Gasteiger partial charge in [-0.25, -0.2) is 4.98 Å². The lowest BCUT2D eigenvalue weighted by Crippen LogP contribution is -2.44. The number of hydrogen-bond donors (Lipinski definition) is 3. The molecule has 3 amide bonds. The van der Waals surface area contributed by atoms with Crippen molar-refractivity contribution >= 4 is 34.9 Å². The van der Waals surface area contributed by atoms with E-state index >= 15 is 0 Å². The van der Waals surface area contributed by atoms with Gasteiger partial charge in [-0.1, -0.05) is 19.1 Å². The maximum atomic E-state index is 13.1. The molecular weight excluding hydrogens is 406 g/mol. The minimum absolute atomic E-state index is 0.0733. The largest absolute Gasteiger partial charge is 0.383 e. The van der Waals surface area contributed by atoms with Crippen LogP contribution >= 0.6 is 0 Å². The number of fused-ring (bicyclic) bond motifs is 2. The standard InChI is InChI=1S/C24H27N5O3/c1-2-14-11-16(13-26-20(14)25)27-21(30)22(31)29-10-4-3-5-19(29)15-6-7-18-17(12-15)24(8-9-24)23(32)28-18/h6-7,11-13,19H,2-5,8-10H2,1H3,(H2,25,26)(H,27,30)(H,28,32). The number of carbonyl (C=O) groups is 3. The van der Waals surface area contributed by atoms with Crippen molar-refractivity contribution in [3.05, 3.63) is 47.2 Å². The van der Waals surface area contributed by atoms with Gasteiger partial charge in [-0.05, 0) is 67.3 Å². The van der Waals surface area contributed by atoms with Gasteiger partial charge in [-0.2, -0.15) is 0 Å². The summed E-state index contributed by atoms with van der Waals surface area (Å²) in [7, 11) is 0. The number of anilines is 3. The highest BCUT2D eigenvalue weighted by atomic mass is 16.2. The van der Waals surface area contributed by atoms with Crippen molar-refractivity contribution < 1.29 is 14.4 Å². The fraction of sp³-hybridized carbons (Fsp3) is 0.417. The molecule has 8 nitrogen and oxygen atoms in total. The van der Waals surface area contributed by atoms with Crippen molar-refractivity contribution in [1.29, 1.82) is 0 Å². The van der Waals surface area contributed by atoms with Gasteiger partial charge in [0.2, 0.25) is 5.91 Å². The number of nitrogens with one attached hydrogen (secondary N) is 2. The second kappa shape index (κ2) is 7.62. The highest BCUT2D eigenvalue weighted by Gasteiger charge is 2.56. The number of benzene rings is 1. The SMILES string of the molecule is CCc1cc(NC(=O)C(=O)N2CCCCC2c2ccc3c(c2)C2(CC2)C(=O)N3)cnc1N. The molecule has 1 saturated carbocycles. The molecule has 1 aromatic carbocycles. The molecule has 0 radical (unpaired) electrons. The number of likely N-dealkylation sites (tertiary alicyclic amines) is 1. The highest BCUT2D eigenvalue weighted by molar-refractivity contribution is 6.39. The lowest BCUT2D eigenvalue weighted by Gasteiger charge is -2.36. The predicted octanol–water partition coefficient (Wildman–Crippen LogP) is 2.90. The number of piperidine rings is 1. The normalized spacial score (nSPS) is 20.6. The topological polar surface area (TPSA) is 117 Å². The number of carbonyl (C=O) groups excluding carboxylic acids is 3. The second-order valence-corrected chi connectivity index (χ2v) is 8.93. The molecule has 1 saturated heterocycles. The van der Waals surface area contributed by atoms with Crippen LogP contribution in [0.3, 0.4) is 0 Å². The van der Waals surface area contributed by atoms with Gasteiger partial charge in [0.25, 0.3) is 0 Å². The Hall–Kier alpha value is -3.42. The molecule has 1 spiro atoms. The first kappa shape index (κ1) is 20.5. The fourth-order valence-electron chi connectivity index (χ4n) is 4.97. The molecule has 3 aliphatic rings. The summed E-state index contributed by atoms with van der Waals surface area (Å²) >= 11 is 0. The van der Waals surface area contributed by atoms with Gasteiger partial charge in [-0.3, -0.25) is 14.4 Å². The molecule has 1 unspecified atom stereocenters. The molecule has 3 heterocycles. The molecule has 8 heteroatoms. The number of nitrogens with zero attached hydrogens (tertiary/aromatic N) is 2. The van der Waals surface area contributed by atoms with Crippen LogP contribution < -0.4 is 16.4 Å². The lowest BCUT2D eigenvalue weighted by atomic mass is 9.90. The third-order valence-electron chi connectivity index (χ3n) is 6.97. The second-order valence-electron chi connectivity index (χ2n) is 8.93. The zero-order chi connectivity index (χ0) is 22.5. The van der Waals surface area contributed by atoms with Gasteiger partial charge in [0, 0.05) is 12.2 Å². The first-order valence-corrected chi connectivity index (χ1v) is 11.2. The fourth-order valence-corrected chi connectivity index (χ4v) is 4.97. The van der Waals surface area contributed by atoms with Crippen LogP contribution in [0, 0.1) is 0 Å². The Morgan fingerprint density at radius 1 is 1.28 bits per heavy atom. The lowest BCUT2D eigenvalue weighted by molar-refractivity contribution is -0.145. The van der Waals surface area contributed by atoms with Crippen molar-refractivity contribution in [1.82, 2.24) is 9.88 Å². The number of hydrogen-bond acceptors (Lipinski definition) is 5. The van der Waals surface area contributed by atoms with E-state index in [1.54, 1.807) is 11.0 Å². The van der Waals surface area contributed by atoms with Crippen molar-refractivity contribution in [3.8, 4) is 0 Å². The van der Waals surface area contributed by atoms with E-state index in [0.717, 1.165) is 54.5 Å². The van der Waals surface area contributed by atoms with Crippen LogP contribution in [0.25, 0.3) is 0 Å². The maximum absolute atomic E-state index is 13.1. The van der Waals surface area contributed by atoms with E-state index in [2.05, 4.69) is 21.7 Å². The summed E-state index contributed by atoms with van der Waals surface area (Å²) in [6.45, 7) is 2.48. The van der Waals surface area contributed by atoms with Crippen molar-refractivity contribution in [2.75, 3.05) is 22.9 Å². The molecule has 1 atom stereocenters. The molecule has 1 aromatic heterocycles. The Morgan fingerprint density at radius 3 is 2.84 bits per heavy atom. The van der Waals surface area contributed by atoms with Crippen LogP contribution in [-0.2, 0) is 26.2 Å². The zero-order valence-electron chi connectivity index (χ0n) is 18.1. The van der Waals surface area contributed by atoms with Gasteiger partial charge in [0.05, 0.1) is 23.3 Å². The molecule has 2 fully saturated rings. The minimum Gasteiger partial charge on any atom is -0.383 e. The summed E-state index contributed by atoms with van der Waals surface area (Å²) in [5.41, 5.74) is 9.61. The van der Waals surface area contributed by atoms with E-state index < -0.39 is 11.8 Å². The van der Waals surface area contributed by atoms with Gasteiger partial charge >= 0.3 is 11.8 Å². The summed E-state index contributed by atoms with van der Waals surface area (Å²) in [5.74, 6) is -0.738. The first-order chi connectivity index (χ1) is 15.4. The highest BCUT2D eigenvalue weighted by Crippen LogP contribution is 2.55. The third-order valence-corrected chi connectivity index (χ3v) is 6.97. The van der Waals surface area contributed by atoms with E-state index in [0.29, 0.717) is 24.5 Å². The van der Waals surface area contributed by atoms with Gasteiger partial charge in [0.1, 0.15) is 5.82 Å². The predicted molar refractivity (Wildman–Crippen MR) is 121 cm³/mol. The van der Waals surface area contributed by atoms with Crippen LogP contribution in [0.4, 0.5) is 17.2 Å². The molecular formula is C24H27N5O3. The number of nitrogens with two attached hydrogens (primary N) is 1. The van der Waals surface area contributed by atoms with E-state index in [4.69, 9.17) is 5.73 Å². The van der Waals surface area contributed by atoms with Crippen molar-refractivity contribution in [3.63, 3.8) is 0 Å². The van der Waals surface area contributed by atoms with Crippen molar-refractivity contribution in [2.24, 2.45) is 0 Å². The molecule has 166 valence electrons. The molecule has 0 bridgehead atoms. The van der Waals surface area contributed by atoms with E-state index in [9.17, 15) is 14.4 Å². The number of aromatic nitrogens is 1. The van der Waals surface area contributed by atoms with Crippen LogP contribution in [0.5, 0.6) is 0 Å². The molecule has 4 N–H and O–H groups in total. The quantitative estimate of drug-likeness (QED) is 0.644. The monoisotopic (exact) mass is 433 g/mol. The van der Waals surface area contributed by atoms with E-state index in [1.165, 1.54) is 6.20 Å². The van der Waals surface area contributed by atoms with Crippen LogP contribution in [0.15, 0.2) is 30.5 Å². The summed E-state index contributed by atoms with van der Waals surface area (Å²) in [6, 6.07) is 7.52. The zero-order valence-corrected chi connectivity index (χ0v) is 18.1. The van der Waals surface area contributed by atoms with E-state index in [-0.39, 0.29) is 17.4 Å². The number of pyridine rings is 1. The van der Waals surface area contributed by atoms with Gasteiger partial charge in [0.15, 0.2) is 0 Å². The summed E-state index contributed by atoms with van der Waals surface area (Å²) < 4.78 is 0. The van der Waals surface area contributed by atoms with Gasteiger partial charge < -0.3 is 21.3 Å².